The molecule has 2 heterocycles. The summed E-state index contributed by atoms with van der Waals surface area (Å²) in [6.07, 6.45) is 0.383. The fraction of sp³-hybridized carbons (Fsp3) is 0.381. The van der Waals surface area contributed by atoms with Crippen molar-refractivity contribution in [3.63, 3.8) is 0 Å². The fourth-order valence-electron chi connectivity index (χ4n) is 3.99. The van der Waals surface area contributed by atoms with Gasteiger partial charge in [0.15, 0.2) is 5.72 Å². The molecule has 2 atom stereocenters. The summed E-state index contributed by atoms with van der Waals surface area (Å²) in [4.78, 5) is 14.8. The Bertz CT molecular complexity index is 851. The second-order valence-corrected chi connectivity index (χ2v) is 8.65. The van der Waals surface area contributed by atoms with Gasteiger partial charge in [0.1, 0.15) is 18.5 Å². The molecule has 1 amide bonds. The molecule has 27 heavy (non-hydrogen) atoms. The van der Waals surface area contributed by atoms with Crippen LogP contribution in [0.15, 0.2) is 48.5 Å². The van der Waals surface area contributed by atoms with Gasteiger partial charge >= 0.3 is 0 Å². The average Bonchev–Trinajstić information content (AvgIpc) is 3.07. The second kappa shape index (κ2) is 6.69. The molecule has 0 bridgehead atoms. The van der Waals surface area contributed by atoms with Crippen molar-refractivity contribution in [1.29, 1.82) is 0 Å². The summed E-state index contributed by atoms with van der Waals surface area (Å²) in [5.41, 5.74) is -0.291. The molecule has 142 valence electrons. The molecule has 0 N–H and O–H groups in total. The van der Waals surface area contributed by atoms with Crippen LogP contribution in [0.1, 0.15) is 25.8 Å². The highest BCUT2D eigenvalue weighted by Gasteiger charge is 2.61. The number of rotatable bonds is 4. The van der Waals surface area contributed by atoms with E-state index in [1.165, 1.54) is 0 Å². The first-order chi connectivity index (χ1) is 12.8. The number of nitrogens with zero attached hydrogens (tertiary/aromatic N) is 1. The minimum Gasteiger partial charge on any atom is -0.491 e. The normalized spacial score (nSPS) is 26.3. The van der Waals surface area contributed by atoms with Crippen molar-refractivity contribution >= 4 is 29.1 Å². The van der Waals surface area contributed by atoms with Gasteiger partial charge in [-0.25, -0.2) is 0 Å². The maximum absolute atomic E-state index is 13.0. The van der Waals surface area contributed by atoms with Crippen molar-refractivity contribution in [3.8, 4) is 5.75 Å². The molecule has 2 saturated heterocycles. The number of halogens is 2. The first-order valence-corrected chi connectivity index (χ1v) is 9.70. The molecule has 0 spiro atoms. The van der Waals surface area contributed by atoms with E-state index in [9.17, 15) is 4.79 Å². The maximum atomic E-state index is 13.0. The molecule has 2 aliphatic heterocycles. The maximum Gasteiger partial charge on any atom is 0.231 e. The van der Waals surface area contributed by atoms with Crippen LogP contribution in [0.3, 0.4) is 0 Å². The van der Waals surface area contributed by atoms with Gasteiger partial charge in [-0.2, -0.15) is 0 Å². The van der Waals surface area contributed by atoms with Crippen LogP contribution < -0.4 is 4.74 Å². The van der Waals surface area contributed by atoms with Crippen LogP contribution in [0.4, 0.5) is 0 Å². The van der Waals surface area contributed by atoms with Crippen LogP contribution in [0.5, 0.6) is 5.75 Å². The quantitative estimate of drug-likeness (QED) is 0.726. The lowest BCUT2D eigenvalue weighted by Crippen LogP contribution is -2.39. The number of amides is 1. The Labute approximate surface area is 169 Å². The van der Waals surface area contributed by atoms with Gasteiger partial charge in [0, 0.05) is 27.4 Å². The Morgan fingerprint density at radius 3 is 2.30 bits per heavy atom. The van der Waals surface area contributed by atoms with Crippen LogP contribution in [0, 0.1) is 5.41 Å². The van der Waals surface area contributed by atoms with E-state index in [1.54, 1.807) is 12.1 Å². The van der Waals surface area contributed by atoms with E-state index in [0.29, 0.717) is 29.6 Å². The van der Waals surface area contributed by atoms with Crippen LogP contribution in [-0.2, 0) is 15.3 Å². The number of carbonyl (C=O) groups excluding carboxylic acids is 1. The molecule has 4 nitrogen and oxygen atoms in total. The SMILES string of the molecule is CC1(C)C[C@]2(c3ccc(Cl)cc3)O[C@@H](COc3ccc(Cl)cc3)CN2C1=O. The molecule has 0 radical (unpaired) electrons. The van der Waals surface area contributed by atoms with E-state index in [2.05, 4.69) is 0 Å². The van der Waals surface area contributed by atoms with Crippen molar-refractivity contribution in [3.05, 3.63) is 64.1 Å². The van der Waals surface area contributed by atoms with Crippen molar-refractivity contribution in [2.75, 3.05) is 13.2 Å². The Morgan fingerprint density at radius 2 is 1.67 bits per heavy atom. The standard InChI is InChI=1S/C21H21Cl2NO3/c1-20(2)13-21(14-3-5-15(22)6-4-14)24(19(20)25)11-18(27-21)12-26-17-9-7-16(23)8-10-17/h3-10,18H,11-13H2,1-2H3/t18-,21-/m1/s1. The number of hydrogen-bond donors (Lipinski definition) is 0. The highest BCUT2D eigenvalue weighted by Crippen LogP contribution is 2.52. The molecule has 2 fully saturated rings. The topological polar surface area (TPSA) is 38.8 Å². The lowest BCUT2D eigenvalue weighted by atomic mass is 9.86. The van der Waals surface area contributed by atoms with E-state index in [0.717, 1.165) is 11.3 Å². The average molecular weight is 406 g/mol. The Balaban J connectivity index is 1.57. The monoisotopic (exact) mass is 405 g/mol. The minimum absolute atomic E-state index is 0.103. The zero-order valence-electron chi connectivity index (χ0n) is 15.2. The molecule has 2 aromatic rings. The summed E-state index contributed by atoms with van der Waals surface area (Å²) in [7, 11) is 0. The van der Waals surface area contributed by atoms with Gasteiger partial charge in [-0.15, -0.1) is 0 Å². The second-order valence-electron chi connectivity index (χ2n) is 7.77. The van der Waals surface area contributed by atoms with Gasteiger partial charge in [0.05, 0.1) is 6.54 Å². The number of hydrogen-bond acceptors (Lipinski definition) is 3. The van der Waals surface area contributed by atoms with E-state index in [4.69, 9.17) is 32.7 Å². The number of ether oxygens (including phenoxy) is 2. The predicted molar refractivity (Wildman–Crippen MR) is 105 cm³/mol. The summed E-state index contributed by atoms with van der Waals surface area (Å²) < 4.78 is 12.3. The molecular formula is C21H21Cl2NO3. The Morgan fingerprint density at radius 1 is 1.07 bits per heavy atom. The summed E-state index contributed by atoms with van der Waals surface area (Å²) >= 11 is 12.0. The summed E-state index contributed by atoms with van der Waals surface area (Å²) in [5.74, 6) is 0.828. The van der Waals surface area contributed by atoms with Crippen molar-refractivity contribution in [2.45, 2.75) is 32.1 Å². The largest absolute Gasteiger partial charge is 0.491 e. The molecule has 4 rings (SSSR count). The summed E-state index contributed by atoms with van der Waals surface area (Å²) in [5, 5.41) is 1.32. The third-order valence-corrected chi connectivity index (χ3v) is 5.74. The molecule has 0 aliphatic carbocycles. The third kappa shape index (κ3) is 3.31. The van der Waals surface area contributed by atoms with E-state index in [-0.39, 0.29) is 12.0 Å². The van der Waals surface area contributed by atoms with Crippen LogP contribution in [0.2, 0.25) is 10.0 Å². The third-order valence-electron chi connectivity index (χ3n) is 5.23. The molecule has 2 aliphatic rings. The van der Waals surface area contributed by atoms with E-state index >= 15 is 0 Å². The number of carbonyl (C=O) groups is 1. The lowest BCUT2D eigenvalue weighted by molar-refractivity contribution is -0.142. The first-order valence-electron chi connectivity index (χ1n) is 8.94. The van der Waals surface area contributed by atoms with Gasteiger partial charge in [0.25, 0.3) is 0 Å². The Hall–Kier alpha value is -1.75. The molecule has 0 unspecified atom stereocenters. The first kappa shape index (κ1) is 18.6. The molecule has 6 heteroatoms. The van der Waals surface area contributed by atoms with Crippen LogP contribution in [0.25, 0.3) is 0 Å². The van der Waals surface area contributed by atoms with Gasteiger partial charge in [0.2, 0.25) is 5.91 Å². The van der Waals surface area contributed by atoms with Gasteiger partial charge in [-0.05, 0) is 36.4 Å². The van der Waals surface area contributed by atoms with E-state index < -0.39 is 11.1 Å². The highest BCUT2D eigenvalue weighted by molar-refractivity contribution is 6.30. The van der Waals surface area contributed by atoms with Gasteiger partial charge in [-0.1, -0.05) is 49.2 Å². The van der Waals surface area contributed by atoms with Crippen molar-refractivity contribution in [2.24, 2.45) is 5.41 Å². The van der Waals surface area contributed by atoms with Gasteiger partial charge < -0.3 is 14.4 Å². The van der Waals surface area contributed by atoms with Crippen molar-refractivity contribution < 1.29 is 14.3 Å². The summed E-state index contributed by atoms with van der Waals surface area (Å²) in [6.45, 7) is 4.79. The minimum atomic E-state index is -0.765. The van der Waals surface area contributed by atoms with Gasteiger partial charge in [-0.3, -0.25) is 4.79 Å². The zero-order valence-corrected chi connectivity index (χ0v) is 16.8. The predicted octanol–water partition coefficient (Wildman–Crippen LogP) is 4.88. The van der Waals surface area contributed by atoms with Crippen molar-refractivity contribution in [1.82, 2.24) is 4.90 Å². The Kier molecular flexibility index (Phi) is 4.61. The van der Waals surface area contributed by atoms with Crippen LogP contribution in [-0.4, -0.2) is 30.1 Å². The molecule has 2 aromatic carbocycles. The molecule has 0 saturated carbocycles. The van der Waals surface area contributed by atoms with E-state index in [1.807, 2.05) is 55.1 Å². The zero-order chi connectivity index (χ0) is 19.2. The summed E-state index contributed by atoms with van der Waals surface area (Å²) in [6, 6.07) is 14.8. The molecule has 0 aromatic heterocycles. The van der Waals surface area contributed by atoms with Crippen LogP contribution >= 0.6 is 23.2 Å². The lowest BCUT2D eigenvalue weighted by Gasteiger charge is -2.31. The highest BCUT2D eigenvalue weighted by atomic mass is 35.5. The smallest absolute Gasteiger partial charge is 0.231 e. The number of fused-ring (bicyclic) bond motifs is 1. The molecular weight excluding hydrogens is 385 g/mol. The number of benzene rings is 2. The fourth-order valence-corrected chi connectivity index (χ4v) is 4.25.